The van der Waals surface area contributed by atoms with Crippen LogP contribution in [0.1, 0.15) is 41.4 Å². The van der Waals surface area contributed by atoms with Crippen molar-refractivity contribution in [1.82, 2.24) is 24.5 Å². The van der Waals surface area contributed by atoms with Gasteiger partial charge in [-0.05, 0) is 37.5 Å². The maximum Gasteiger partial charge on any atom is 0.459 e. The number of carbonyl (C=O) groups is 1. The number of hydrogen-bond donors (Lipinski definition) is 0. The maximum atomic E-state index is 14.1. The van der Waals surface area contributed by atoms with E-state index in [2.05, 4.69) is 14.9 Å². The van der Waals surface area contributed by atoms with Crippen molar-refractivity contribution in [3.63, 3.8) is 0 Å². The minimum Gasteiger partial charge on any atom is -0.428 e. The van der Waals surface area contributed by atoms with Gasteiger partial charge in [-0.1, -0.05) is 6.07 Å². The summed E-state index contributed by atoms with van der Waals surface area (Å²) >= 11 is 0. The molecule has 0 unspecified atom stereocenters. The maximum absolute atomic E-state index is 14.1. The fourth-order valence-corrected chi connectivity index (χ4v) is 4.37. The first-order valence-corrected chi connectivity index (χ1v) is 11.8. The van der Waals surface area contributed by atoms with Crippen molar-refractivity contribution >= 4 is 5.91 Å². The third-order valence-electron chi connectivity index (χ3n) is 6.53. The van der Waals surface area contributed by atoms with Gasteiger partial charge in [0, 0.05) is 25.4 Å². The molecule has 1 aliphatic rings. The summed E-state index contributed by atoms with van der Waals surface area (Å²) < 4.78 is 140. The fourth-order valence-electron chi connectivity index (χ4n) is 4.37. The Morgan fingerprint density at radius 1 is 1.14 bits per heavy atom. The SMILES string of the molecule is CCN(C(=O)c1cc(-c2cnn(-c3c(OC(F)F)c(C(F)(F)C(F)(F)F)nn3C)c2)ccc1C(F)(F)F)C1(C#N)CC1. The van der Waals surface area contributed by atoms with E-state index in [-0.39, 0.29) is 30.5 Å². The molecular weight excluding hydrogens is 594 g/mol. The number of nitriles is 1. The van der Waals surface area contributed by atoms with Gasteiger partial charge < -0.3 is 9.64 Å². The number of ether oxygens (including phenoxy) is 1. The van der Waals surface area contributed by atoms with E-state index in [0.717, 1.165) is 36.5 Å². The van der Waals surface area contributed by atoms with Crippen LogP contribution in [0.3, 0.4) is 0 Å². The van der Waals surface area contributed by atoms with Crippen LogP contribution in [0.15, 0.2) is 30.6 Å². The number of alkyl halides is 10. The monoisotopic (exact) mass is 612 g/mol. The number of benzene rings is 1. The molecule has 8 nitrogen and oxygen atoms in total. The van der Waals surface area contributed by atoms with Gasteiger partial charge in [0.1, 0.15) is 5.54 Å². The third-order valence-corrected chi connectivity index (χ3v) is 6.53. The molecule has 0 bridgehead atoms. The molecule has 2 heterocycles. The Morgan fingerprint density at radius 2 is 1.79 bits per heavy atom. The summed E-state index contributed by atoms with van der Waals surface area (Å²) in [5, 5.41) is 16.3. The van der Waals surface area contributed by atoms with Gasteiger partial charge in [-0.15, -0.1) is 0 Å². The molecule has 0 atom stereocenters. The van der Waals surface area contributed by atoms with Gasteiger partial charge in [0.25, 0.3) is 5.91 Å². The lowest BCUT2D eigenvalue weighted by Gasteiger charge is -2.27. The molecule has 1 aliphatic carbocycles. The number of carbonyl (C=O) groups excluding carboxylic acids is 1. The quantitative estimate of drug-likeness (QED) is 0.289. The van der Waals surface area contributed by atoms with E-state index in [9.17, 15) is 54.0 Å². The average Bonchev–Trinajstić information content (AvgIpc) is 3.39. The molecule has 1 amide bonds. The molecule has 4 rings (SSSR count). The molecule has 1 aromatic carbocycles. The molecule has 2 aromatic heterocycles. The molecule has 226 valence electrons. The van der Waals surface area contributed by atoms with Crippen LogP contribution in [0, 0.1) is 11.3 Å². The summed E-state index contributed by atoms with van der Waals surface area (Å²) in [7, 11) is 0.849. The van der Waals surface area contributed by atoms with Crippen LogP contribution in [-0.4, -0.2) is 55.2 Å². The van der Waals surface area contributed by atoms with Crippen LogP contribution >= 0.6 is 0 Å². The topological polar surface area (TPSA) is 89.0 Å². The number of nitrogens with zero attached hydrogens (tertiary/aromatic N) is 6. The number of rotatable bonds is 8. The molecule has 0 spiro atoms. The molecule has 0 N–H and O–H groups in total. The number of aromatic nitrogens is 4. The first-order valence-electron chi connectivity index (χ1n) is 11.8. The Balaban J connectivity index is 1.82. The van der Waals surface area contributed by atoms with Crippen LogP contribution in [-0.2, 0) is 19.1 Å². The van der Waals surface area contributed by atoms with Gasteiger partial charge in [0.15, 0.2) is 17.3 Å². The molecule has 18 heteroatoms. The summed E-state index contributed by atoms with van der Waals surface area (Å²) in [6.07, 6.45) is -8.83. The van der Waals surface area contributed by atoms with Crippen molar-refractivity contribution in [2.75, 3.05) is 6.54 Å². The summed E-state index contributed by atoms with van der Waals surface area (Å²) in [6.45, 7) is -2.44. The van der Waals surface area contributed by atoms with Crippen LogP contribution in [0.2, 0.25) is 0 Å². The van der Waals surface area contributed by atoms with Crippen molar-refractivity contribution in [3.8, 4) is 28.8 Å². The van der Waals surface area contributed by atoms with E-state index in [1.165, 1.54) is 6.92 Å². The number of hydrogen-bond acceptors (Lipinski definition) is 5. The highest BCUT2D eigenvalue weighted by atomic mass is 19.4. The Morgan fingerprint density at radius 3 is 2.29 bits per heavy atom. The normalized spacial score (nSPS) is 15.0. The van der Waals surface area contributed by atoms with E-state index in [1.807, 2.05) is 6.07 Å². The molecule has 0 aliphatic heterocycles. The molecular formula is C24H18F10N6O2. The second kappa shape index (κ2) is 10.2. The lowest BCUT2D eigenvalue weighted by Crippen LogP contribution is -2.42. The highest BCUT2D eigenvalue weighted by Crippen LogP contribution is 2.48. The van der Waals surface area contributed by atoms with Crippen LogP contribution in [0.25, 0.3) is 16.9 Å². The third kappa shape index (κ3) is 5.23. The molecule has 0 radical (unpaired) electrons. The molecule has 3 aromatic rings. The van der Waals surface area contributed by atoms with Gasteiger partial charge in [-0.3, -0.25) is 4.79 Å². The van der Waals surface area contributed by atoms with Crippen LogP contribution in [0.5, 0.6) is 5.75 Å². The zero-order valence-corrected chi connectivity index (χ0v) is 21.4. The van der Waals surface area contributed by atoms with Gasteiger partial charge in [0.2, 0.25) is 0 Å². The predicted molar refractivity (Wildman–Crippen MR) is 122 cm³/mol. The Bertz CT molecular complexity index is 1550. The fraction of sp³-hybridized carbons (Fsp3) is 0.417. The summed E-state index contributed by atoms with van der Waals surface area (Å²) in [4.78, 5) is 14.3. The molecule has 1 saturated carbocycles. The first-order chi connectivity index (χ1) is 19.4. The Hall–Kier alpha value is -4.30. The molecule has 1 fully saturated rings. The Kier molecular flexibility index (Phi) is 7.45. The van der Waals surface area contributed by atoms with Crippen molar-refractivity contribution in [3.05, 3.63) is 47.4 Å². The molecule has 0 saturated heterocycles. The van der Waals surface area contributed by atoms with E-state index in [0.29, 0.717) is 15.4 Å². The zero-order chi connectivity index (χ0) is 31.4. The number of amides is 1. The smallest absolute Gasteiger partial charge is 0.428 e. The van der Waals surface area contributed by atoms with E-state index in [4.69, 9.17) is 0 Å². The largest absolute Gasteiger partial charge is 0.459 e. The second-order valence-electron chi connectivity index (χ2n) is 9.20. The highest BCUT2D eigenvalue weighted by molar-refractivity contribution is 5.98. The summed E-state index contributed by atoms with van der Waals surface area (Å²) in [6, 6.07) is 4.33. The second-order valence-corrected chi connectivity index (χ2v) is 9.20. The van der Waals surface area contributed by atoms with Crippen LogP contribution < -0.4 is 4.74 Å². The average molecular weight is 612 g/mol. The number of halogens is 10. The minimum absolute atomic E-state index is 0.0792. The zero-order valence-electron chi connectivity index (χ0n) is 21.4. The van der Waals surface area contributed by atoms with Gasteiger partial charge >= 0.3 is 24.9 Å². The highest BCUT2D eigenvalue weighted by Gasteiger charge is 2.63. The van der Waals surface area contributed by atoms with Crippen molar-refractivity contribution in [2.45, 2.75) is 50.2 Å². The number of aryl methyl sites for hydroxylation is 1. The van der Waals surface area contributed by atoms with Gasteiger partial charge in [0.05, 0.1) is 23.4 Å². The summed E-state index contributed by atoms with van der Waals surface area (Å²) in [5.41, 5.74) is -5.73. The lowest BCUT2D eigenvalue weighted by atomic mass is 9.98. The molecule has 42 heavy (non-hydrogen) atoms. The standard InChI is InChI=1S/C24H18F10N6O2/c1-3-39(21(11-35)6-7-21)19(41)14-8-12(4-5-15(14)23(29,30)31)13-9-36-40(10-13)18-16(42-20(25)26)17(37-38(18)2)22(27,28)24(32,33)34/h4-5,8-10,20H,3,6-7H2,1-2H3. The minimum atomic E-state index is -6.23. The first kappa shape index (κ1) is 30.7. The van der Waals surface area contributed by atoms with Crippen molar-refractivity contribution in [2.24, 2.45) is 7.05 Å². The van der Waals surface area contributed by atoms with E-state index >= 15 is 0 Å². The summed E-state index contributed by atoms with van der Waals surface area (Å²) in [5.74, 6) is -9.32. The van der Waals surface area contributed by atoms with Crippen molar-refractivity contribution in [1.29, 1.82) is 5.26 Å². The van der Waals surface area contributed by atoms with Gasteiger partial charge in [-0.25, -0.2) is 9.36 Å². The van der Waals surface area contributed by atoms with E-state index < -0.39 is 64.7 Å². The predicted octanol–water partition coefficient (Wildman–Crippen LogP) is 6.07. The van der Waals surface area contributed by atoms with Crippen LogP contribution in [0.4, 0.5) is 43.9 Å². The van der Waals surface area contributed by atoms with E-state index in [1.54, 1.807) is 0 Å². The lowest BCUT2D eigenvalue weighted by molar-refractivity contribution is -0.291. The van der Waals surface area contributed by atoms with Crippen molar-refractivity contribution < 1.29 is 53.4 Å². The van der Waals surface area contributed by atoms with Gasteiger partial charge in [-0.2, -0.15) is 59.4 Å². The Labute approximate surface area is 229 Å².